The summed E-state index contributed by atoms with van der Waals surface area (Å²) in [6.45, 7) is 1.91. The predicted octanol–water partition coefficient (Wildman–Crippen LogP) is 2.41. The Morgan fingerprint density at radius 1 is 1.41 bits per heavy atom. The van der Waals surface area contributed by atoms with Crippen molar-refractivity contribution in [2.75, 3.05) is 14.2 Å². The summed E-state index contributed by atoms with van der Waals surface area (Å²) in [5.41, 5.74) is 2.84. The maximum absolute atomic E-state index is 11.7. The van der Waals surface area contributed by atoms with Gasteiger partial charge in [0.2, 0.25) is 0 Å². The average Bonchev–Trinajstić information content (AvgIpc) is 2.35. The fourth-order valence-electron chi connectivity index (χ4n) is 1.55. The highest BCUT2D eigenvalue weighted by Gasteiger charge is 2.20. The molecule has 0 heterocycles. The van der Waals surface area contributed by atoms with Gasteiger partial charge < -0.3 is 9.57 Å². The van der Waals surface area contributed by atoms with E-state index in [1.165, 1.54) is 14.2 Å². The smallest absolute Gasteiger partial charge is 0.360 e. The number of halogens is 1. The number of hydrogen-bond acceptors (Lipinski definition) is 4. The molecule has 0 radical (unpaired) electrons. The third-order valence-corrected chi connectivity index (χ3v) is 2.91. The average molecular weight is 300 g/mol. The zero-order valence-electron chi connectivity index (χ0n) is 9.99. The van der Waals surface area contributed by atoms with E-state index in [0.717, 1.165) is 16.7 Å². The standard InChI is InChI=1S/C12H14BrNO3/c1-8-5-4-6-9(7-13)10(8)11(14-17-3)12(15)16-2/h4-6H,7H2,1-3H3/b14-11+. The van der Waals surface area contributed by atoms with E-state index in [4.69, 9.17) is 9.57 Å². The van der Waals surface area contributed by atoms with Crippen LogP contribution in [0.4, 0.5) is 0 Å². The Morgan fingerprint density at radius 3 is 2.65 bits per heavy atom. The quantitative estimate of drug-likeness (QED) is 0.371. The minimum Gasteiger partial charge on any atom is -0.464 e. The molecule has 0 aromatic heterocycles. The molecule has 0 amide bonds. The third kappa shape index (κ3) is 3.06. The number of alkyl halides is 1. The van der Waals surface area contributed by atoms with Crippen LogP contribution in [0.3, 0.4) is 0 Å². The molecule has 0 N–H and O–H groups in total. The number of nitrogens with zero attached hydrogens (tertiary/aromatic N) is 1. The highest BCUT2D eigenvalue weighted by atomic mass is 79.9. The van der Waals surface area contributed by atoms with Crippen molar-refractivity contribution in [1.82, 2.24) is 0 Å². The molecule has 1 aromatic carbocycles. The van der Waals surface area contributed by atoms with Gasteiger partial charge in [-0.1, -0.05) is 39.3 Å². The molecule has 0 aliphatic rings. The summed E-state index contributed by atoms with van der Waals surface area (Å²) in [6.07, 6.45) is 0. The van der Waals surface area contributed by atoms with Crippen molar-refractivity contribution in [3.8, 4) is 0 Å². The lowest BCUT2D eigenvalue weighted by atomic mass is 9.99. The van der Waals surface area contributed by atoms with E-state index in [2.05, 4.69) is 21.1 Å². The van der Waals surface area contributed by atoms with E-state index in [-0.39, 0.29) is 5.71 Å². The zero-order chi connectivity index (χ0) is 12.8. The van der Waals surface area contributed by atoms with Gasteiger partial charge in [-0.05, 0) is 18.1 Å². The SMILES string of the molecule is CO/N=C(/C(=O)OC)c1c(C)cccc1CBr. The van der Waals surface area contributed by atoms with Crippen LogP contribution in [0, 0.1) is 6.92 Å². The Bertz CT molecular complexity index is 443. The van der Waals surface area contributed by atoms with Crippen molar-refractivity contribution < 1.29 is 14.4 Å². The molecule has 0 saturated heterocycles. The molecule has 92 valence electrons. The molecule has 0 aliphatic heterocycles. The Labute approximate surface area is 109 Å². The van der Waals surface area contributed by atoms with Gasteiger partial charge in [0.25, 0.3) is 0 Å². The van der Waals surface area contributed by atoms with Crippen molar-refractivity contribution in [1.29, 1.82) is 0 Å². The number of carbonyl (C=O) groups excluding carboxylic acids is 1. The van der Waals surface area contributed by atoms with Gasteiger partial charge in [-0.3, -0.25) is 0 Å². The first-order chi connectivity index (χ1) is 8.15. The lowest BCUT2D eigenvalue weighted by molar-refractivity contribution is -0.132. The molecular formula is C12H14BrNO3. The van der Waals surface area contributed by atoms with Crippen LogP contribution in [0.5, 0.6) is 0 Å². The molecule has 0 unspecified atom stereocenters. The topological polar surface area (TPSA) is 47.9 Å². The maximum Gasteiger partial charge on any atom is 0.360 e. The van der Waals surface area contributed by atoms with Gasteiger partial charge >= 0.3 is 5.97 Å². The van der Waals surface area contributed by atoms with Crippen LogP contribution in [0.2, 0.25) is 0 Å². The Hall–Kier alpha value is -1.36. The second-order valence-corrected chi connectivity index (χ2v) is 3.92. The minimum absolute atomic E-state index is 0.183. The fourth-order valence-corrected chi connectivity index (χ4v) is 2.02. The highest BCUT2D eigenvalue weighted by molar-refractivity contribution is 9.08. The summed E-state index contributed by atoms with van der Waals surface area (Å²) in [4.78, 5) is 16.4. The molecule has 4 nitrogen and oxygen atoms in total. The van der Waals surface area contributed by atoms with Crippen molar-refractivity contribution in [3.63, 3.8) is 0 Å². The number of methoxy groups -OCH3 is 1. The van der Waals surface area contributed by atoms with Gasteiger partial charge in [-0.15, -0.1) is 0 Å². The highest BCUT2D eigenvalue weighted by Crippen LogP contribution is 2.19. The van der Waals surface area contributed by atoms with Gasteiger partial charge in [0.05, 0.1) is 7.11 Å². The summed E-state index contributed by atoms with van der Waals surface area (Å²) in [6, 6.07) is 5.76. The number of benzene rings is 1. The van der Waals surface area contributed by atoms with Gasteiger partial charge in [-0.2, -0.15) is 0 Å². The number of carbonyl (C=O) groups is 1. The molecule has 1 rings (SSSR count). The molecule has 0 bridgehead atoms. The van der Waals surface area contributed by atoms with E-state index in [1.54, 1.807) is 0 Å². The summed E-state index contributed by atoms with van der Waals surface area (Å²) in [7, 11) is 2.72. The molecule has 0 fully saturated rings. The van der Waals surface area contributed by atoms with Gasteiger partial charge in [-0.25, -0.2) is 4.79 Å². The normalized spacial score (nSPS) is 11.2. The lowest BCUT2D eigenvalue weighted by Crippen LogP contribution is -2.20. The number of esters is 1. The minimum atomic E-state index is -0.511. The van der Waals surface area contributed by atoms with Crippen molar-refractivity contribution >= 4 is 27.6 Å². The van der Waals surface area contributed by atoms with E-state index in [1.807, 2.05) is 25.1 Å². The molecular weight excluding hydrogens is 286 g/mol. The van der Waals surface area contributed by atoms with Gasteiger partial charge in [0.15, 0.2) is 5.71 Å². The predicted molar refractivity (Wildman–Crippen MR) is 69.4 cm³/mol. The second kappa shape index (κ2) is 6.39. The van der Waals surface area contributed by atoms with E-state index in [9.17, 15) is 4.79 Å². The van der Waals surface area contributed by atoms with Crippen molar-refractivity contribution in [2.45, 2.75) is 12.3 Å². The second-order valence-electron chi connectivity index (χ2n) is 3.36. The number of oxime groups is 1. The molecule has 0 saturated carbocycles. The molecule has 0 spiro atoms. The van der Waals surface area contributed by atoms with Crippen LogP contribution in [0.15, 0.2) is 23.4 Å². The maximum atomic E-state index is 11.7. The molecule has 17 heavy (non-hydrogen) atoms. The molecule has 0 atom stereocenters. The van der Waals surface area contributed by atoms with Gasteiger partial charge in [0, 0.05) is 10.9 Å². The van der Waals surface area contributed by atoms with Crippen molar-refractivity contribution in [3.05, 3.63) is 34.9 Å². The van der Waals surface area contributed by atoms with E-state index in [0.29, 0.717) is 5.33 Å². The van der Waals surface area contributed by atoms with Crippen molar-refractivity contribution in [2.24, 2.45) is 5.16 Å². The molecule has 1 aromatic rings. The van der Waals surface area contributed by atoms with Crippen LogP contribution in [0.25, 0.3) is 0 Å². The zero-order valence-corrected chi connectivity index (χ0v) is 11.6. The molecule has 0 aliphatic carbocycles. The molecule has 5 heteroatoms. The fraction of sp³-hybridized carbons (Fsp3) is 0.333. The van der Waals surface area contributed by atoms with Crippen LogP contribution < -0.4 is 0 Å². The number of ether oxygens (including phenoxy) is 1. The first-order valence-corrected chi connectivity index (χ1v) is 6.12. The first-order valence-electron chi connectivity index (χ1n) is 5.00. The summed E-state index contributed by atoms with van der Waals surface area (Å²) in [5, 5.41) is 4.38. The summed E-state index contributed by atoms with van der Waals surface area (Å²) in [5.74, 6) is -0.511. The lowest BCUT2D eigenvalue weighted by Gasteiger charge is -2.11. The number of hydrogen-bond donors (Lipinski definition) is 0. The van der Waals surface area contributed by atoms with Crippen LogP contribution in [0.1, 0.15) is 16.7 Å². The van der Waals surface area contributed by atoms with Crippen LogP contribution in [-0.4, -0.2) is 25.9 Å². The summed E-state index contributed by atoms with van der Waals surface area (Å²) >= 11 is 3.39. The summed E-state index contributed by atoms with van der Waals surface area (Å²) < 4.78 is 4.71. The Kier molecular flexibility index (Phi) is 5.15. The van der Waals surface area contributed by atoms with Crippen LogP contribution in [-0.2, 0) is 19.7 Å². The number of rotatable bonds is 4. The van der Waals surface area contributed by atoms with E-state index >= 15 is 0 Å². The Morgan fingerprint density at radius 2 is 2.12 bits per heavy atom. The van der Waals surface area contributed by atoms with Crippen LogP contribution >= 0.6 is 15.9 Å². The monoisotopic (exact) mass is 299 g/mol. The Balaban J connectivity index is 3.37. The number of aryl methyl sites for hydroxylation is 1. The largest absolute Gasteiger partial charge is 0.464 e. The van der Waals surface area contributed by atoms with Gasteiger partial charge in [0.1, 0.15) is 7.11 Å². The third-order valence-electron chi connectivity index (χ3n) is 2.30. The van der Waals surface area contributed by atoms with E-state index < -0.39 is 5.97 Å². The first kappa shape index (κ1) is 13.7.